The lowest BCUT2D eigenvalue weighted by atomic mass is 10.1. The van der Waals surface area contributed by atoms with Crippen molar-refractivity contribution in [2.24, 2.45) is 5.92 Å². The lowest BCUT2D eigenvalue weighted by Crippen LogP contribution is -2.24. The summed E-state index contributed by atoms with van der Waals surface area (Å²) in [5.74, 6) is 1.61. The van der Waals surface area contributed by atoms with Crippen molar-refractivity contribution >= 4 is 0 Å². The van der Waals surface area contributed by atoms with E-state index in [2.05, 4.69) is 55.6 Å². The van der Waals surface area contributed by atoms with Gasteiger partial charge in [-0.3, -0.25) is 0 Å². The van der Waals surface area contributed by atoms with E-state index in [0.717, 1.165) is 18.8 Å². The van der Waals surface area contributed by atoms with Gasteiger partial charge in [0.05, 0.1) is 0 Å². The minimum absolute atomic E-state index is 0.681. The fourth-order valence-electron chi connectivity index (χ4n) is 2.01. The molecule has 0 heterocycles. The molecule has 2 nitrogen and oxygen atoms in total. The fraction of sp³-hybridized carbons (Fsp3) is 0.333. The van der Waals surface area contributed by atoms with Crippen molar-refractivity contribution in [3.63, 3.8) is 0 Å². The molecule has 0 spiro atoms. The molecule has 0 aromatic heterocycles. The summed E-state index contributed by atoms with van der Waals surface area (Å²) >= 11 is 0. The number of hydrogen-bond acceptors (Lipinski definition) is 2. The first kappa shape index (κ1) is 14.6. The third-order valence-corrected chi connectivity index (χ3v) is 3.06. The smallest absolute Gasteiger partial charge is 0.119 e. The molecule has 0 fully saturated rings. The number of ether oxygens (including phenoxy) is 1. The van der Waals surface area contributed by atoms with Crippen LogP contribution < -0.4 is 10.1 Å². The van der Waals surface area contributed by atoms with Crippen LogP contribution in [-0.4, -0.2) is 19.7 Å². The second-order valence-electron chi connectivity index (χ2n) is 5.34. The summed E-state index contributed by atoms with van der Waals surface area (Å²) in [6, 6.07) is 18.6. The second-order valence-corrected chi connectivity index (χ2v) is 5.34. The topological polar surface area (TPSA) is 21.3 Å². The zero-order chi connectivity index (χ0) is 14.2. The van der Waals surface area contributed by atoms with E-state index in [-0.39, 0.29) is 0 Å². The summed E-state index contributed by atoms with van der Waals surface area (Å²) in [6.07, 6.45) is 0. The van der Waals surface area contributed by atoms with Gasteiger partial charge in [-0.25, -0.2) is 0 Å². The third-order valence-electron chi connectivity index (χ3n) is 3.06. The lowest BCUT2D eigenvalue weighted by molar-refractivity contribution is 0.311. The quantitative estimate of drug-likeness (QED) is 0.768. The van der Waals surface area contributed by atoms with E-state index in [0.29, 0.717) is 12.5 Å². The Balaban J connectivity index is 1.80. The van der Waals surface area contributed by atoms with E-state index < -0.39 is 0 Å². The normalized spacial score (nSPS) is 10.8. The van der Waals surface area contributed by atoms with Crippen molar-refractivity contribution in [3.8, 4) is 16.9 Å². The molecule has 1 N–H and O–H groups in total. The maximum absolute atomic E-state index is 5.72. The van der Waals surface area contributed by atoms with Crippen molar-refractivity contribution in [3.05, 3.63) is 54.6 Å². The molecule has 0 aliphatic heterocycles. The highest BCUT2D eigenvalue weighted by atomic mass is 16.5. The van der Waals surface area contributed by atoms with Crippen LogP contribution in [0.2, 0.25) is 0 Å². The zero-order valence-electron chi connectivity index (χ0n) is 12.3. The molecule has 0 atom stereocenters. The third kappa shape index (κ3) is 4.71. The fourth-order valence-corrected chi connectivity index (χ4v) is 2.01. The summed E-state index contributed by atoms with van der Waals surface area (Å²) in [6.45, 7) is 7.04. The molecule has 0 aliphatic carbocycles. The maximum atomic E-state index is 5.72. The van der Waals surface area contributed by atoms with Crippen LogP contribution in [-0.2, 0) is 0 Å². The van der Waals surface area contributed by atoms with E-state index in [9.17, 15) is 0 Å². The molecule has 0 radical (unpaired) electrons. The summed E-state index contributed by atoms with van der Waals surface area (Å²) in [5.41, 5.74) is 2.45. The molecule has 2 aromatic rings. The van der Waals surface area contributed by atoms with Crippen molar-refractivity contribution in [2.75, 3.05) is 19.7 Å². The first-order valence-corrected chi connectivity index (χ1v) is 7.24. The highest BCUT2D eigenvalue weighted by Crippen LogP contribution is 2.21. The Kier molecular flexibility index (Phi) is 5.63. The average Bonchev–Trinajstić information content (AvgIpc) is 2.48. The molecule has 2 aromatic carbocycles. The highest BCUT2D eigenvalue weighted by Gasteiger charge is 1.98. The minimum Gasteiger partial charge on any atom is -0.492 e. The van der Waals surface area contributed by atoms with Gasteiger partial charge >= 0.3 is 0 Å². The maximum Gasteiger partial charge on any atom is 0.119 e. The van der Waals surface area contributed by atoms with Crippen LogP contribution in [0.1, 0.15) is 13.8 Å². The van der Waals surface area contributed by atoms with Crippen LogP contribution in [0.25, 0.3) is 11.1 Å². The Bertz CT molecular complexity index is 491. The minimum atomic E-state index is 0.681. The average molecular weight is 269 g/mol. The predicted octanol–water partition coefficient (Wildman–Crippen LogP) is 3.98. The van der Waals surface area contributed by atoms with Gasteiger partial charge in [-0.2, -0.15) is 0 Å². The molecule has 106 valence electrons. The van der Waals surface area contributed by atoms with Gasteiger partial charge in [-0.05, 0) is 35.7 Å². The van der Waals surface area contributed by atoms with Gasteiger partial charge in [0.25, 0.3) is 0 Å². The van der Waals surface area contributed by atoms with Gasteiger partial charge < -0.3 is 10.1 Å². The van der Waals surface area contributed by atoms with Gasteiger partial charge in [0.1, 0.15) is 12.4 Å². The van der Waals surface area contributed by atoms with E-state index >= 15 is 0 Å². The predicted molar refractivity (Wildman–Crippen MR) is 85.1 cm³/mol. The number of benzene rings is 2. The molecule has 2 rings (SSSR count). The molecule has 2 heteroatoms. The van der Waals surface area contributed by atoms with Crippen LogP contribution in [0.5, 0.6) is 5.75 Å². The summed E-state index contributed by atoms with van der Waals surface area (Å²) in [4.78, 5) is 0. The van der Waals surface area contributed by atoms with E-state index in [1.807, 2.05) is 18.2 Å². The molecule has 20 heavy (non-hydrogen) atoms. The number of hydrogen-bond donors (Lipinski definition) is 1. The Hall–Kier alpha value is -1.80. The van der Waals surface area contributed by atoms with Crippen molar-refractivity contribution in [2.45, 2.75) is 13.8 Å². The molecule has 0 aliphatic rings. The van der Waals surface area contributed by atoms with Crippen LogP contribution in [0.15, 0.2) is 54.6 Å². The van der Waals surface area contributed by atoms with E-state index in [1.54, 1.807) is 0 Å². The monoisotopic (exact) mass is 269 g/mol. The number of rotatable bonds is 7. The summed E-state index contributed by atoms with van der Waals surface area (Å²) in [7, 11) is 0. The Morgan fingerprint density at radius 3 is 2.20 bits per heavy atom. The molecular weight excluding hydrogens is 246 g/mol. The molecule has 0 amide bonds. The van der Waals surface area contributed by atoms with Crippen LogP contribution in [0, 0.1) is 5.92 Å². The SMILES string of the molecule is CC(C)CNCCOc1ccc(-c2ccccc2)cc1. The molecule has 0 bridgehead atoms. The van der Waals surface area contributed by atoms with E-state index in [4.69, 9.17) is 4.74 Å². The largest absolute Gasteiger partial charge is 0.492 e. The molecular formula is C18H23NO. The lowest BCUT2D eigenvalue weighted by Gasteiger charge is -2.09. The van der Waals surface area contributed by atoms with Gasteiger partial charge in [-0.15, -0.1) is 0 Å². The summed E-state index contributed by atoms with van der Waals surface area (Å²) < 4.78 is 5.72. The van der Waals surface area contributed by atoms with Crippen LogP contribution in [0.4, 0.5) is 0 Å². The van der Waals surface area contributed by atoms with Gasteiger partial charge in [0.2, 0.25) is 0 Å². The zero-order valence-corrected chi connectivity index (χ0v) is 12.3. The van der Waals surface area contributed by atoms with Gasteiger partial charge in [0, 0.05) is 6.54 Å². The molecule has 0 saturated heterocycles. The highest BCUT2D eigenvalue weighted by molar-refractivity contribution is 5.63. The molecule has 0 unspecified atom stereocenters. The number of nitrogens with one attached hydrogen (secondary N) is 1. The first-order valence-electron chi connectivity index (χ1n) is 7.24. The Morgan fingerprint density at radius 2 is 1.55 bits per heavy atom. The van der Waals surface area contributed by atoms with Gasteiger partial charge in [0.15, 0.2) is 0 Å². The van der Waals surface area contributed by atoms with Crippen molar-refractivity contribution in [1.29, 1.82) is 0 Å². The Morgan fingerprint density at radius 1 is 0.900 bits per heavy atom. The van der Waals surface area contributed by atoms with Gasteiger partial charge in [-0.1, -0.05) is 56.3 Å². The van der Waals surface area contributed by atoms with E-state index in [1.165, 1.54) is 11.1 Å². The molecule has 0 saturated carbocycles. The van der Waals surface area contributed by atoms with Crippen molar-refractivity contribution in [1.82, 2.24) is 5.32 Å². The van der Waals surface area contributed by atoms with Crippen molar-refractivity contribution < 1.29 is 4.74 Å². The van der Waals surface area contributed by atoms with Crippen LogP contribution in [0.3, 0.4) is 0 Å². The Labute approximate surface area is 121 Å². The second kappa shape index (κ2) is 7.71. The summed E-state index contributed by atoms with van der Waals surface area (Å²) in [5, 5.41) is 3.37. The first-order chi connectivity index (χ1) is 9.75. The van der Waals surface area contributed by atoms with Crippen LogP contribution >= 0.6 is 0 Å². The standard InChI is InChI=1S/C18H23NO/c1-15(2)14-19-12-13-20-18-10-8-17(9-11-18)16-6-4-3-5-7-16/h3-11,15,19H,12-14H2,1-2H3.